The molecule has 44 heavy (non-hydrogen) atoms. The van der Waals surface area contributed by atoms with Crippen molar-refractivity contribution >= 4 is 6.21 Å². The monoisotopic (exact) mass is 605 g/mol. The van der Waals surface area contributed by atoms with Crippen LogP contribution in [0.15, 0.2) is 70.8 Å². The molecule has 5 nitrogen and oxygen atoms in total. The largest absolute Gasteiger partial charge is 0.378 e. The van der Waals surface area contributed by atoms with Crippen molar-refractivity contribution in [1.29, 1.82) is 5.26 Å². The normalized spacial score (nSPS) is 29.5. The number of benzene rings is 1. The maximum atomic E-state index is 16.0. The molecule has 1 N–H and O–H groups in total. The van der Waals surface area contributed by atoms with Gasteiger partial charge < -0.3 is 15.1 Å². The summed E-state index contributed by atoms with van der Waals surface area (Å²) in [6.07, 6.45) is 11.0. The van der Waals surface area contributed by atoms with Gasteiger partial charge in [-0.3, -0.25) is 0 Å². The van der Waals surface area contributed by atoms with E-state index in [1.165, 1.54) is 12.1 Å². The first-order chi connectivity index (χ1) is 21.0. The number of hydrogen-bond donors (Lipinski definition) is 1. The average Bonchev–Trinajstić information content (AvgIpc) is 3.80. The van der Waals surface area contributed by atoms with E-state index in [1.807, 2.05) is 13.0 Å². The SMILES string of the molecule is C=C1N[C@H](C)c2cccc(c2F)C(F)(F)C2CCN(CCCCCCC(C)N3C(=C)C(C4(C#N)CC4)=CC1=C3/N=C\C)CC2. The molecule has 1 aromatic rings. The van der Waals surface area contributed by atoms with Crippen LogP contribution in [0.5, 0.6) is 0 Å². The molecule has 4 heterocycles. The van der Waals surface area contributed by atoms with Crippen LogP contribution >= 0.6 is 0 Å². The van der Waals surface area contributed by atoms with E-state index in [2.05, 4.69) is 41.3 Å². The Balaban J connectivity index is 1.55. The lowest BCUT2D eigenvalue weighted by Crippen LogP contribution is -2.40. The lowest BCUT2D eigenvalue weighted by molar-refractivity contribution is -0.0880. The van der Waals surface area contributed by atoms with E-state index in [9.17, 15) is 5.26 Å². The zero-order valence-electron chi connectivity index (χ0n) is 26.4. The fraction of sp³-hybridized carbons (Fsp3) is 0.556. The van der Waals surface area contributed by atoms with Crippen LogP contribution in [-0.2, 0) is 5.92 Å². The maximum absolute atomic E-state index is 16.0. The third-order valence-electron chi connectivity index (χ3n) is 10.0. The van der Waals surface area contributed by atoms with Crippen molar-refractivity contribution in [3.05, 3.63) is 82.7 Å². The third-order valence-corrected chi connectivity index (χ3v) is 10.0. The van der Waals surface area contributed by atoms with Gasteiger partial charge in [-0.05, 0) is 90.6 Å². The molecule has 5 aliphatic rings. The van der Waals surface area contributed by atoms with Gasteiger partial charge in [-0.25, -0.2) is 18.2 Å². The Bertz CT molecular complexity index is 1400. The number of nitrogens with one attached hydrogen (secondary N) is 1. The van der Waals surface area contributed by atoms with Gasteiger partial charge in [-0.15, -0.1) is 0 Å². The number of nitrogens with zero attached hydrogens (tertiary/aromatic N) is 4. The van der Waals surface area contributed by atoms with Gasteiger partial charge in [0.25, 0.3) is 5.92 Å². The highest BCUT2D eigenvalue weighted by Crippen LogP contribution is 2.56. The third kappa shape index (κ3) is 6.13. The van der Waals surface area contributed by atoms with Crippen LogP contribution in [0.4, 0.5) is 13.2 Å². The molecule has 0 radical (unpaired) electrons. The Morgan fingerprint density at radius 3 is 2.41 bits per heavy atom. The summed E-state index contributed by atoms with van der Waals surface area (Å²) in [6, 6.07) is 6.26. The minimum Gasteiger partial charge on any atom is -0.378 e. The zero-order chi connectivity index (χ0) is 31.6. The number of piperidine rings is 1. The predicted molar refractivity (Wildman–Crippen MR) is 170 cm³/mol. The first-order valence-corrected chi connectivity index (χ1v) is 16.2. The van der Waals surface area contributed by atoms with Crippen molar-refractivity contribution in [3.8, 4) is 6.07 Å². The van der Waals surface area contributed by atoms with Crippen LogP contribution < -0.4 is 5.32 Å². The number of halogens is 3. The number of hydrogen-bond acceptors (Lipinski definition) is 5. The molecule has 2 atom stereocenters. The summed E-state index contributed by atoms with van der Waals surface area (Å²) in [5, 5.41) is 13.4. The molecule has 0 spiro atoms. The molecule has 4 aliphatic heterocycles. The van der Waals surface area contributed by atoms with Crippen molar-refractivity contribution in [2.45, 2.75) is 96.6 Å². The molecule has 6 rings (SSSR count). The summed E-state index contributed by atoms with van der Waals surface area (Å²) in [5.74, 6) is -4.36. The summed E-state index contributed by atoms with van der Waals surface area (Å²) >= 11 is 0. The van der Waals surface area contributed by atoms with Gasteiger partial charge in [0.1, 0.15) is 11.6 Å². The molecule has 236 valence electrons. The maximum Gasteiger partial charge on any atom is 0.278 e. The number of alkyl halides is 2. The smallest absolute Gasteiger partial charge is 0.278 e. The first-order valence-electron chi connectivity index (χ1n) is 16.2. The number of fused-ring (bicyclic) bond motifs is 10. The minimum absolute atomic E-state index is 0.0732. The average molecular weight is 606 g/mol. The molecule has 1 saturated heterocycles. The van der Waals surface area contributed by atoms with E-state index in [-0.39, 0.29) is 11.6 Å². The van der Waals surface area contributed by atoms with Crippen molar-refractivity contribution in [2.75, 3.05) is 19.6 Å². The molecule has 1 saturated carbocycles. The van der Waals surface area contributed by atoms with Gasteiger partial charge in [-0.1, -0.05) is 50.6 Å². The van der Waals surface area contributed by atoms with Gasteiger partial charge in [0.05, 0.1) is 23.1 Å². The zero-order valence-corrected chi connectivity index (χ0v) is 26.4. The molecule has 1 unspecified atom stereocenters. The van der Waals surface area contributed by atoms with Gasteiger partial charge in [0.15, 0.2) is 0 Å². The highest BCUT2D eigenvalue weighted by atomic mass is 19.3. The number of rotatable bonds is 2. The quantitative estimate of drug-likeness (QED) is 0.344. The highest BCUT2D eigenvalue weighted by Gasteiger charge is 2.50. The van der Waals surface area contributed by atoms with Crippen LogP contribution in [0.1, 0.15) is 95.7 Å². The van der Waals surface area contributed by atoms with E-state index < -0.39 is 34.7 Å². The Labute approximate surface area is 260 Å². The standard InChI is InChI=1S/C36H46F3N5/c1-6-41-34-30-22-32(35(23-40)17-18-35)27(5)44(34)24(2)12-9-7-8-10-19-43-20-15-28(16-21-43)36(38,39)31-14-11-13-29(33(31)37)25(3)42-26(30)4/h6,11,13-14,22,24-25,28,42H,4-5,7-10,12,15-21H2,1-3H3/b41-6-/t24?,25-/m1/s1. The Hall–Kier alpha value is -3.31. The summed E-state index contributed by atoms with van der Waals surface area (Å²) < 4.78 is 47.7. The fourth-order valence-electron chi connectivity index (χ4n) is 7.17. The predicted octanol–water partition coefficient (Wildman–Crippen LogP) is 8.51. The van der Waals surface area contributed by atoms with Crippen LogP contribution in [0, 0.1) is 28.5 Å². The lowest BCUT2D eigenvalue weighted by atomic mass is 9.85. The second-order valence-corrected chi connectivity index (χ2v) is 13.0. The number of nitriles is 1. The van der Waals surface area contributed by atoms with Crippen LogP contribution in [0.3, 0.4) is 0 Å². The van der Waals surface area contributed by atoms with Crippen LogP contribution in [-0.4, -0.2) is 41.7 Å². The van der Waals surface area contributed by atoms with Crippen molar-refractivity contribution in [2.24, 2.45) is 16.3 Å². The Morgan fingerprint density at radius 2 is 1.75 bits per heavy atom. The molecule has 0 amide bonds. The van der Waals surface area contributed by atoms with Crippen molar-refractivity contribution < 1.29 is 13.2 Å². The van der Waals surface area contributed by atoms with Gasteiger partial charge >= 0.3 is 0 Å². The summed E-state index contributed by atoms with van der Waals surface area (Å²) in [6.45, 7) is 16.7. The van der Waals surface area contributed by atoms with E-state index in [1.54, 1.807) is 19.2 Å². The minimum atomic E-state index is -3.26. The van der Waals surface area contributed by atoms with Crippen molar-refractivity contribution in [1.82, 2.24) is 15.1 Å². The molecular formula is C36H46F3N5. The summed E-state index contributed by atoms with van der Waals surface area (Å²) in [4.78, 5) is 9.18. The van der Waals surface area contributed by atoms with Gasteiger partial charge in [0, 0.05) is 40.7 Å². The van der Waals surface area contributed by atoms with Crippen LogP contribution in [0.2, 0.25) is 0 Å². The summed E-state index contributed by atoms with van der Waals surface area (Å²) in [5.41, 5.74) is 1.87. The second-order valence-electron chi connectivity index (χ2n) is 13.0. The Morgan fingerprint density at radius 1 is 1.05 bits per heavy atom. The van der Waals surface area contributed by atoms with Crippen molar-refractivity contribution in [3.63, 3.8) is 0 Å². The summed E-state index contributed by atoms with van der Waals surface area (Å²) in [7, 11) is 0. The molecule has 2 fully saturated rings. The molecule has 8 heteroatoms. The number of aliphatic imine (C=N–C) groups is 1. The van der Waals surface area contributed by atoms with E-state index in [4.69, 9.17) is 4.99 Å². The second kappa shape index (κ2) is 13.0. The lowest BCUT2D eigenvalue weighted by Gasteiger charge is -2.39. The molecule has 6 bridgehead atoms. The first kappa shape index (κ1) is 32.1. The van der Waals surface area contributed by atoms with Crippen LogP contribution in [0.25, 0.3) is 0 Å². The Kier molecular flexibility index (Phi) is 9.46. The molecular weight excluding hydrogens is 559 g/mol. The topological polar surface area (TPSA) is 54.7 Å². The van der Waals surface area contributed by atoms with Gasteiger partial charge in [0.2, 0.25) is 0 Å². The van der Waals surface area contributed by atoms with E-state index in [0.29, 0.717) is 43.0 Å². The van der Waals surface area contributed by atoms with E-state index >= 15 is 13.2 Å². The molecule has 0 aromatic heterocycles. The number of allylic oxidation sites excluding steroid dienone is 2. The van der Waals surface area contributed by atoms with Gasteiger partial charge in [-0.2, -0.15) is 5.26 Å². The molecule has 1 aliphatic carbocycles. The fourth-order valence-corrected chi connectivity index (χ4v) is 7.17. The highest BCUT2D eigenvalue weighted by molar-refractivity contribution is 5.61. The molecule has 1 aromatic carbocycles. The van der Waals surface area contributed by atoms with E-state index in [0.717, 1.165) is 62.8 Å².